The van der Waals surface area contributed by atoms with Gasteiger partial charge in [0.25, 0.3) is 0 Å². The quantitative estimate of drug-likeness (QED) is 0.926. The third-order valence-corrected chi connectivity index (χ3v) is 3.72. The van der Waals surface area contributed by atoms with Crippen molar-refractivity contribution in [3.05, 3.63) is 44.3 Å². The van der Waals surface area contributed by atoms with Gasteiger partial charge in [-0.15, -0.1) is 11.3 Å². The maximum atomic E-state index is 11.3. The van der Waals surface area contributed by atoms with Crippen LogP contribution >= 0.6 is 11.3 Å². The molecule has 1 atom stereocenters. The molecule has 0 aliphatic rings. The van der Waals surface area contributed by atoms with Crippen molar-refractivity contribution in [2.24, 2.45) is 7.05 Å². The molecule has 0 bridgehead atoms. The third kappa shape index (κ3) is 2.61. The summed E-state index contributed by atoms with van der Waals surface area (Å²) < 4.78 is 1.56. The minimum absolute atomic E-state index is 0.00566. The van der Waals surface area contributed by atoms with Crippen LogP contribution in [0, 0.1) is 13.8 Å². The summed E-state index contributed by atoms with van der Waals surface area (Å²) in [6.07, 6.45) is 1.80. The number of pyridine rings is 1. The summed E-state index contributed by atoms with van der Waals surface area (Å²) in [7, 11) is 1.75. The van der Waals surface area contributed by atoms with E-state index in [4.69, 9.17) is 0 Å². The molecule has 0 aromatic carbocycles. The van der Waals surface area contributed by atoms with Crippen molar-refractivity contribution in [1.82, 2.24) is 9.55 Å². The Labute approximate surface area is 110 Å². The Hall–Kier alpha value is -1.62. The van der Waals surface area contributed by atoms with E-state index in [1.54, 1.807) is 41.3 Å². The predicted octanol–water partition coefficient (Wildman–Crippen LogP) is 2.63. The van der Waals surface area contributed by atoms with Gasteiger partial charge in [-0.3, -0.25) is 4.79 Å². The Morgan fingerprint density at radius 1 is 1.39 bits per heavy atom. The highest BCUT2D eigenvalue weighted by Crippen LogP contribution is 2.25. The van der Waals surface area contributed by atoms with Crippen LogP contribution in [0.3, 0.4) is 0 Å². The summed E-state index contributed by atoms with van der Waals surface area (Å²) in [4.78, 5) is 17.1. The summed E-state index contributed by atoms with van der Waals surface area (Å²) in [5.41, 5.74) is 2.00. The molecule has 1 unspecified atom stereocenters. The molecule has 1 N–H and O–H groups in total. The maximum absolute atomic E-state index is 11.3. The van der Waals surface area contributed by atoms with Gasteiger partial charge in [0.1, 0.15) is 0 Å². The van der Waals surface area contributed by atoms with Crippen LogP contribution < -0.4 is 10.9 Å². The third-order valence-electron chi connectivity index (χ3n) is 2.82. The monoisotopic (exact) mass is 263 g/mol. The molecule has 2 rings (SSSR count). The van der Waals surface area contributed by atoms with E-state index in [0.717, 1.165) is 16.4 Å². The van der Waals surface area contributed by atoms with Crippen molar-refractivity contribution in [3.63, 3.8) is 0 Å². The molecule has 2 heterocycles. The van der Waals surface area contributed by atoms with Gasteiger partial charge in [-0.2, -0.15) is 0 Å². The van der Waals surface area contributed by atoms with Crippen LogP contribution in [0.25, 0.3) is 0 Å². The molecule has 2 aromatic heterocycles. The molecule has 0 aliphatic heterocycles. The molecular formula is C13H17N3OS. The molecule has 0 aliphatic carbocycles. The Morgan fingerprint density at radius 3 is 2.67 bits per heavy atom. The van der Waals surface area contributed by atoms with Crippen LogP contribution in [0.15, 0.2) is 23.1 Å². The number of nitrogens with one attached hydrogen (secondary N) is 1. The minimum atomic E-state index is -0.00566. The van der Waals surface area contributed by atoms with E-state index in [-0.39, 0.29) is 11.6 Å². The molecule has 0 spiro atoms. The number of hydrogen-bond acceptors (Lipinski definition) is 4. The van der Waals surface area contributed by atoms with Crippen LogP contribution in [0.4, 0.5) is 5.69 Å². The number of thiazole rings is 1. The lowest BCUT2D eigenvalue weighted by molar-refractivity contribution is 0.818. The fourth-order valence-corrected chi connectivity index (χ4v) is 2.86. The highest BCUT2D eigenvalue weighted by molar-refractivity contribution is 7.11. The number of hydrogen-bond donors (Lipinski definition) is 1. The van der Waals surface area contributed by atoms with Crippen molar-refractivity contribution in [2.45, 2.75) is 26.8 Å². The topological polar surface area (TPSA) is 46.9 Å². The zero-order valence-corrected chi connectivity index (χ0v) is 11.8. The van der Waals surface area contributed by atoms with Gasteiger partial charge < -0.3 is 9.88 Å². The molecule has 0 fully saturated rings. The van der Waals surface area contributed by atoms with Crippen molar-refractivity contribution in [2.75, 3.05) is 5.32 Å². The van der Waals surface area contributed by atoms with Crippen LogP contribution in [0.5, 0.6) is 0 Å². The zero-order chi connectivity index (χ0) is 13.3. The number of anilines is 1. The molecule has 2 aromatic rings. The lowest BCUT2D eigenvalue weighted by atomic mass is 10.2. The fraction of sp³-hybridized carbons (Fsp3) is 0.385. The molecule has 18 heavy (non-hydrogen) atoms. The second-order valence-electron chi connectivity index (χ2n) is 4.41. The minimum Gasteiger partial charge on any atom is -0.376 e. The standard InChI is InChI=1S/C13H17N3OS/c1-8(13-9(2)18-10(3)15-13)14-11-5-6-12(17)16(4)7-11/h5-8,14H,1-4H3. The lowest BCUT2D eigenvalue weighted by Gasteiger charge is -2.14. The first-order chi connectivity index (χ1) is 8.47. The van der Waals surface area contributed by atoms with Gasteiger partial charge in [0, 0.05) is 24.2 Å². The smallest absolute Gasteiger partial charge is 0.250 e. The molecule has 5 heteroatoms. The van der Waals surface area contributed by atoms with Crippen LogP contribution in [-0.4, -0.2) is 9.55 Å². The summed E-state index contributed by atoms with van der Waals surface area (Å²) in [6, 6.07) is 3.49. The van der Waals surface area contributed by atoms with Gasteiger partial charge in [-0.1, -0.05) is 0 Å². The van der Waals surface area contributed by atoms with E-state index in [1.807, 2.05) is 6.92 Å². The average molecular weight is 263 g/mol. The molecule has 0 saturated carbocycles. The molecule has 0 amide bonds. The molecule has 96 valence electrons. The highest BCUT2D eigenvalue weighted by Gasteiger charge is 2.13. The normalized spacial score (nSPS) is 12.4. The SMILES string of the molecule is Cc1nc(C(C)Nc2ccc(=O)n(C)c2)c(C)s1. The molecule has 0 radical (unpaired) electrons. The Balaban J connectivity index is 2.21. The number of aryl methyl sites for hydroxylation is 3. The number of rotatable bonds is 3. The van der Waals surface area contributed by atoms with Crippen LogP contribution in [0.1, 0.15) is 28.5 Å². The first-order valence-corrected chi connectivity index (χ1v) is 6.66. The van der Waals surface area contributed by atoms with Gasteiger partial charge in [0.05, 0.1) is 22.4 Å². The van der Waals surface area contributed by atoms with E-state index < -0.39 is 0 Å². The van der Waals surface area contributed by atoms with Crippen molar-refractivity contribution >= 4 is 17.0 Å². The predicted molar refractivity (Wildman–Crippen MR) is 75.3 cm³/mol. The first kappa shape index (κ1) is 12.8. The van der Waals surface area contributed by atoms with E-state index in [2.05, 4.69) is 24.1 Å². The van der Waals surface area contributed by atoms with Gasteiger partial charge >= 0.3 is 0 Å². The average Bonchev–Trinajstić information content (AvgIpc) is 2.63. The van der Waals surface area contributed by atoms with Crippen molar-refractivity contribution in [1.29, 1.82) is 0 Å². The molecule has 4 nitrogen and oxygen atoms in total. The highest BCUT2D eigenvalue weighted by atomic mass is 32.1. The van der Waals surface area contributed by atoms with Gasteiger partial charge in [-0.05, 0) is 26.8 Å². The largest absolute Gasteiger partial charge is 0.376 e. The second kappa shape index (κ2) is 4.94. The second-order valence-corrected chi connectivity index (χ2v) is 5.81. The van der Waals surface area contributed by atoms with Crippen molar-refractivity contribution < 1.29 is 0 Å². The maximum Gasteiger partial charge on any atom is 0.250 e. The first-order valence-electron chi connectivity index (χ1n) is 5.84. The van der Waals surface area contributed by atoms with Crippen molar-refractivity contribution in [3.8, 4) is 0 Å². The molecular weight excluding hydrogens is 246 g/mol. The van der Waals surface area contributed by atoms with Crippen LogP contribution in [0.2, 0.25) is 0 Å². The zero-order valence-electron chi connectivity index (χ0n) is 11.0. The Kier molecular flexibility index (Phi) is 3.52. The lowest BCUT2D eigenvalue weighted by Crippen LogP contribution is -2.16. The van der Waals surface area contributed by atoms with Gasteiger partial charge in [0.15, 0.2) is 0 Å². The summed E-state index contributed by atoms with van der Waals surface area (Å²) in [6.45, 7) is 6.17. The Bertz CT molecular complexity index is 615. The Morgan fingerprint density at radius 2 is 2.11 bits per heavy atom. The van der Waals surface area contributed by atoms with Gasteiger partial charge in [0.2, 0.25) is 5.56 Å². The number of nitrogens with zero attached hydrogens (tertiary/aromatic N) is 2. The molecule has 0 saturated heterocycles. The van der Waals surface area contributed by atoms with E-state index in [0.29, 0.717) is 0 Å². The number of aromatic nitrogens is 2. The van der Waals surface area contributed by atoms with Gasteiger partial charge in [-0.25, -0.2) is 4.98 Å². The van der Waals surface area contributed by atoms with Crippen LogP contribution in [-0.2, 0) is 7.05 Å². The summed E-state index contributed by atoms with van der Waals surface area (Å²) in [5.74, 6) is 0. The summed E-state index contributed by atoms with van der Waals surface area (Å²) in [5, 5.41) is 4.45. The van der Waals surface area contributed by atoms with E-state index in [1.165, 1.54) is 4.88 Å². The van der Waals surface area contributed by atoms with E-state index >= 15 is 0 Å². The fourth-order valence-electron chi connectivity index (χ4n) is 1.94. The summed E-state index contributed by atoms with van der Waals surface area (Å²) >= 11 is 1.71. The van der Waals surface area contributed by atoms with E-state index in [9.17, 15) is 4.79 Å².